The minimum absolute atomic E-state index is 0.604. The van der Waals surface area contributed by atoms with Crippen molar-refractivity contribution >= 4 is 32.3 Å². The van der Waals surface area contributed by atoms with Gasteiger partial charge in [0.2, 0.25) is 0 Å². The van der Waals surface area contributed by atoms with Crippen LogP contribution in [0.3, 0.4) is 0 Å². The van der Waals surface area contributed by atoms with E-state index in [2.05, 4.69) is 119 Å². The third-order valence-electron chi connectivity index (χ3n) is 8.34. The van der Waals surface area contributed by atoms with Crippen molar-refractivity contribution in [2.75, 3.05) is 0 Å². The fourth-order valence-corrected chi connectivity index (χ4v) is 6.15. The maximum absolute atomic E-state index is 9.24. The maximum atomic E-state index is 9.24. The Morgan fingerprint density at radius 3 is 1.05 bits per heavy atom. The molecule has 4 heteroatoms. The van der Waals surface area contributed by atoms with E-state index >= 15 is 0 Å². The summed E-state index contributed by atoms with van der Waals surface area (Å²) in [4.78, 5) is 8.88. The molecule has 0 spiro atoms. The fourth-order valence-electron chi connectivity index (χ4n) is 6.15. The lowest BCUT2D eigenvalue weighted by Gasteiger charge is -2.15. The number of nitrogens with zero attached hydrogens (tertiary/aromatic N) is 4. The molecule has 44 heavy (non-hydrogen) atoms. The van der Waals surface area contributed by atoms with Crippen molar-refractivity contribution < 1.29 is 0 Å². The molecule has 0 saturated carbocycles. The Morgan fingerprint density at radius 2 is 0.705 bits per heavy atom. The smallest absolute Gasteiger partial charge is 0.0992 e. The minimum Gasteiger partial charge on any atom is -0.256 e. The molecule has 0 amide bonds. The molecule has 8 rings (SSSR count). The number of rotatable bonds is 4. The second-order valence-electron chi connectivity index (χ2n) is 11.0. The Balaban J connectivity index is 1.15. The van der Waals surface area contributed by atoms with Gasteiger partial charge in [-0.15, -0.1) is 0 Å². The van der Waals surface area contributed by atoms with Crippen LogP contribution in [0.5, 0.6) is 0 Å². The summed E-state index contributed by atoms with van der Waals surface area (Å²) in [5.41, 5.74) is 9.37. The molecule has 0 fully saturated rings. The van der Waals surface area contributed by atoms with Gasteiger partial charge in [-0.3, -0.25) is 9.97 Å². The number of aromatic nitrogens is 2. The van der Waals surface area contributed by atoms with Crippen LogP contribution in [0.15, 0.2) is 134 Å². The summed E-state index contributed by atoms with van der Waals surface area (Å²) < 4.78 is 0. The zero-order valence-corrected chi connectivity index (χ0v) is 23.5. The van der Waals surface area contributed by atoms with Crippen molar-refractivity contribution in [3.05, 3.63) is 145 Å². The van der Waals surface area contributed by atoms with Crippen LogP contribution >= 0.6 is 0 Å². The highest BCUT2D eigenvalue weighted by Crippen LogP contribution is 2.40. The quantitative estimate of drug-likeness (QED) is 0.202. The molecule has 202 valence electrons. The molecular weight excluding hydrogens is 536 g/mol. The van der Waals surface area contributed by atoms with Gasteiger partial charge in [-0.05, 0) is 103 Å². The summed E-state index contributed by atoms with van der Waals surface area (Å²) in [7, 11) is 0. The molecule has 8 aromatic rings. The first-order valence-corrected chi connectivity index (χ1v) is 14.3. The summed E-state index contributed by atoms with van der Waals surface area (Å²) in [5.74, 6) is 0. The predicted octanol–water partition coefficient (Wildman–Crippen LogP) is 9.79. The van der Waals surface area contributed by atoms with E-state index in [1.54, 1.807) is 24.5 Å². The van der Waals surface area contributed by atoms with E-state index in [1.807, 2.05) is 12.1 Å². The minimum atomic E-state index is 0.604. The largest absolute Gasteiger partial charge is 0.256 e. The summed E-state index contributed by atoms with van der Waals surface area (Å²) in [6.07, 6.45) is 3.35. The zero-order chi connectivity index (χ0) is 29.6. The monoisotopic (exact) mass is 558 g/mol. The summed E-state index contributed by atoms with van der Waals surface area (Å²) in [6.45, 7) is 0. The Hall–Kier alpha value is -6.36. The van der Waals surface area contributed by atoms with E-state index in [0.717, 1.165) is 44.8 Å². The lowest BCUT2D eigenvalue weighted by molar-refractivity contribution is 1.31. The standard InChI is InChI=1S/C40H22N4/c41-23-25-13-15-43-37(17-25)29-5-1-27(2-6-29)35-19-31-9-11-33-21-36(22-34-12-10-32(20-35)39(31)40(33)34)28-3-7-30(8-4-28)38-18-26(24-42)14-16-44-38/h1-22H. The van der Waals surface area contributed by atoms with Gasteiger partial charge in [0.1, 0.15) is 0 Å². The van der Waals surface area contributed by atoms with Crippen LogP contribution < -0.4 is 0 Å². The van der Waals surface area contributed by atoms with Crippen LogP contribution in [0.4, 0.5) is 0 Å². The Kier molecular flexibility index (Phi) is 5.86. The van der Waals surface area contributed by atoms with Gasteiger partial charge in [-0.25, -0.2) is 0 Å². The highest BCUT2D eigenvalue weighted by molar-refractivity contribution is 6.24. The number of nitriles is 2. The van der Waals surface area contributed by atoms with Crippen LogP contribution in [0.2, 0.25) is 0 Å². The number of pyridine rings is 2. The SMILES string of the molecule is N#Cc1ccnc(-c2ccc(-c3cc4ccc5cc(-c6ccc(-c7cc(C#N)ccn7)cc6)cc6ccc(c3)c4c56)cc2)c1. The molecule has 4 nitrogen and oxygen atoms in total. The average molecular weight is 559 g/mol. The van der Waals surface area contributed by atoms with Crippen molar-refractivity contribution in [3.63, 3.8) is 0 Å². The van der Waals surface area contributed by atoms with Crippen LogP contribution in [-0.4, -0.2) is 9.97 Å². The van der Waals surface area contributed by atoms with Gasteiger partial charge in [-0.1, -0.05) is 72.8 Å². The first-order valence-electron chi connectivity index (χ1n) is 14.3. The number of hydrogen-bond acceptors (Lipinski definition) is 4. The fraction of sp³-hybridized carbons (Fsp3) is 0. The molecule has 0 saturated heterocycles. The van der Waals surface area contributed by atoms with E-state index < -0.39 is 0 Å². The molecule has 0 aliphatic rings. The van der Waals surface area contributed by atoms with Crippen molar-refractivity contribution in [1.82, 2.24) is 9.97 Å². The van der Waals surface area contributed by atoms with Crippen molar-refractivity contribution in [1.29, 1.82) is 10.5 Å². The molecular formula is C40H22N4. The highest BCUT2D eigenvalue weighted by Gasteiger charge is 2.13. The third kappa shape index (κ3) is 4.31. The van der Waals surface area contributed by atoms with Crippen molar-refractivity contribution in [3.8, 4) is 56.9 Å². The molecule has 0 N–H and O–H groups in total. The van der Waals surface area contributed by atoms with E-state index in [1.165, 1.54) is 32.3 Å². The molecule has 2 heterocycles. The van der Waals surface area contributed by atoms with Crippen LogP contribution in [0.25, 0.3) is 77.1 Å². The second kappa shape index (κ2) is 10.2. The first kappa shape index (κ1) is 25.4. The number of hydrogen-bond donors (Lipinski definition) is 0. The Labute approximate surface area is 254 Å². The van der Waals surface area contributed by atoms with Gasteiger partial charge >= 0.3 is 0 Å². The van der Waals surface area contributed by atoms with E-state index in [-0.39, 0.29) is 0 Å². The number of benzene rings is 6. The molecule has 0 unspecified atom stereocenters. The van der Waals surface area contributed by atoms with Gasteiger partial charge in [0.05, 0.1) is 34.7 Å². The molecule has 2 aromatic heterocycles. The van der Waals surface area contributed by atoms with Gasteiger partial charge in [0, 0.05) is 23.5 Å². The molecule has 0 aliphatic carbocycles. The molecule has 6 aromatic carbocycles. The Morgan fingerprint density at radius 1 is 0.364 bits per heavy atom. The highest BCUT2D eigenvalue weighted by atomic mass is 14.7. The molecule has 0 atom stereocenters. The summed E-state index contributed by atoms with van der Waals surface area (Å²) in [6, 6.07) is 46.2. The van der Waals surface area contributed by atoms with E-state index in [0.29, 0.717) is 11.1 Å². The van der Waals surface area contributed by atoms with Crippen molar-refractivity contribution in [2.24, 2.45) is 0 Å². The lowest BCUT2D eigenvalue weighted by Crippen LogP contribution is -1.89. The summed E-state index contributed by atoms with van der Waals surface area (Å²) >= 11 is 0. The van der Waals surface area contributed by atoms with Gasteiger partial charge in [0.15, 0.2) is 0 Å². The molecule has 0 aliphatic heterocycles. The zero-order valence-electron chi connectivity index (χ0n) is 23.5. The summed E-state index contributed by atoms with van der Waals surface area (Å²) in [5, 5.41) is 25.9. The van der Waals surface area contributed by atoms with Gasteiger partial charge in [-0.2, -0.15) is 10.5 Å². The van der Waals surface area contributed by atoms with Crippen LogP contribution in [0, 0.1) is 22.7 Å². The van der Waals surface area contributed by atoms with Gasteiger partial charge < -0.3 is 0 Å². The topological polar surface area (TPSA) is 73.4 Å². The first-order chi connectivity index (χ1) is 21.7. The van der Waals surface area contributed by atoms with Crippen molar-refractivity contribution in [2.45, 2.75) is 0 Å². The molecule has 0 radical (unpaired) electrons. The van der Waals surface area contributed by atoms with E-state index in [4.69, 9.17) is 0 Å². The van der Waals surface area contributed by atoms with Crippen LogP contribution in [0.1, 0.15) is 11.1 Å². The van der Waals surface area contributed by atoms with Crippen LogP contribution in [-0.2, 0) is 0 Å². The third-order valence-corrected chi connectivity index (χ3v) is 8.34. The Bertz CT molecular complexity index is 2200. The lowest BCUT2D eigenvalue weighted by atomic mass is 9.89. The van der Waals surface area contributed by atoms with Gasteiger partial charge in [0.25, 0.3) is 0 Å². The predicted molar refractivity (Wildman–Crippen MR) is 177 cm³/mol. The van der Waals surface area contributed by atoms with E-state index in [9.17, 15) is 10.5 Å². The normalized spacial score (nSPS) is 11.1. The second-order valence-corrected chi connectivity index (χ2v) is 11.0. The average Bonchev–Trinajstić information content (AvgIpc) is 3.10. The molecule has 0 bridgehead atoms. The maximum Gasteiger partial charge on any atom is 0.0992 e.